The summed E-state index contributed by atoms with van der Waals surface area (Å²) in [6, 6.07) is 17.0. The summed E-state index contributed by atoms with van der Waals surface area (Å²) in [5, 5.41) is 0. The average molecular weight is 286 g/mol. The van der Waals surface area contributed by atoms with Crippen LogP contribution in [0.5, 0.6) is 0 Å². The van der Waals surface area contributed by atoms with Crippen LogP contribution in [0.3, 0.4) is 0 Å². The lowest BCUT2D eigenvalue weighted by molar-refractivity contribution is -0.110. The minimum Gasteiger partial charge on any atom is -0.290 e. The van der Waals surface area contributed by atoms with E-state index in [4.69, 9.17) is 0 Å². The van der Waals surface area contributed by atoms with Crippen molar-refractivity contribution < 1.29 is 4.79 Å². The van der Waals surface area contributed by atoms with E-state index in [0.717, 1.165) is 22.3 Å². The molecule has 0 radical (unpaired) electrons. The van der Waals surface area contributed by atoms with Crippen LogP contribution in [0.1, 0.15) is 22.3 Å². The Balaban J connectivity index is 2.18. The average Bonchev–Trinajstić information content (AvgIpc) is 2.53. The van der Waals surface area contributed by atoms with Crippen LogP contribution in [0.15, 0.2) is 78.4 Å². The van der Waals surface area contributed by atoms with Gasteiger partial charge in [-0.15, -0.1) is 0 Å². The Morgan fingerprint density at radius 2 is 1.05 bits per heavy atom. The molecule has 1 heteroatoms. The van der Waals surface area contributed by atoms with Gasteiger partial charge in [0.25, 0.3) is 0 Å². The summed E-state index contributed by atoms with van der Waals surface area (Å²) in [5.74, 6) is 0.0379. The summed E-state index contributed by atoms with van der Waals surface area (Å²) in [7, 11) is 0. The first kappa shape index (κ1) is 14.3. The largest absolute Gasteiger partial charge is 0.290 e. The highest BCUT2D eigenvalue weighted by molar-refractivity contribution is 6.03. The van der Waals surface area contributed by atoms with Gasteiger partial charge in [0.15, 0.2) is 5.78 Å². The Morgan fingerprint density at radius 3 is 1.45 bits per heavy atom. The van der Waals surface area contributed by atoms with Crippen LogP contribution >= 0.6 is 0 Å². The van der Waals surface area contributed by atoms with E-state index in [1.165, 1.54) is 11.1 Å². The SMILES string of the molecule is Cc1ccc(C(=C2C=CC(=O)C=C2)c2ccc(C)cc2)cc1. The molecule has 0 unspecified atom stereocenters. The van der Waals surface area contributed by atoms with E-state index in [0.29, 0.717) is 0 Å². The molecule has 2 aromatic carbocycles. The number of ketones is 1. The number of carbonyl (C=O) groups is 1. The number of hydrogen-bond donors (Lipinski definition) is 0. The maximum absolute atomic E-state index is 11.4. The predicted molar refractivity (Wildman–Crippen MR) is 91.7 cm³/mol. The predicted octanol–water partition coefficient (Wildman–Crippen LogP) is 4.80. The number of aryl methyl sites for hydroxylation is 2. The third-order valence-corrected chi connectivity index (χ3v) is 3.82. The molecule has 1 aliphatic rings. The monoisotopic (exact) mass is 286 g/mol. The van der Waals surface area contributed by atoms with E-state index in [9.17, 15) is 4.79 Å². The number of hydrogen-bond acceptors (Lipinski definition) is 1. The van der Waals surface area contributed by atoms with Crippen LogP contribution in [0, 0.1) is 13.8 Å². The third-order valence-electron chi connectivity index (χ3n) is 3.82. The number of allylic oxidation sites excluding steroid dienone is 5. The van der Waals surface area contributed by atoms with Crippen LogP contribution in [0.25, 0.3) is 5.57 Å². The Hall–Kier alpha value is -2.67. The number of rotatable bonds is 2. The smallest absolute Gasteiger partial charge is 0.178 e. The van der Waals surface area contributed by atoms with Crippen LogP contribution in [0.4, 0.5) is 0 Å². The molecular formula is C21H18O. The van der Waals surface area contributed by atoms with Crippen LogP contribution in [0.2, 0.25) is 0 Å². The van der Waals surface area contributed by atoms with Crippen molar-refractivity contribution in [2.45, 2.75) is 13.8 Å². The highest BCUT2D eigenvalue weighted by Gasteiger charge is 2.11. The zero-order chi connectivity index (χ0) is 15.5. The van der Waals surface area contributed by atoms with E-state index in [-0.39, 0.29) is 5.78 Å². The van der Waals surface area contributed by atoms with Gasteiger partial charge in [-0.3, -0.25) is 4.79 Å². The van der Waals surface area contributed by atoms with Gasteiger partial charge in [-0.1, -0.05) is 71.8 Å². The van der Waals surface area contributed by atoms with Crippen LogP contribution < -0.4 is 0 Å². The maximum Gasteiger partial charge on any atom is 0.178 e. The molecule has 0 saturated heterocycles. The first-order valence-electron chi connectivity index (χ1n) is 7.42. The van der Waals surface area contributed by atoms with Crippen molar-refractivity contribution in [1.82, 2.24) is 0 Å². The topological polar surface area (TPSA) is 17.1 Å². The van der Waals surface area contributed by atoms with Gasteiger partial charge in [0, 0.05) is 0 Å². The number of benzene rings is 2. The molecular weight excluding hydrogens is 268 g/mol. The van der Waals surface area contributed by atoms with Gasteiger partial charge in [-0.05, 0) is 48.3 Å². The summed E-state index contributed by atoms with van der Waals surface area (Å²) in [4.78, 5) is 11.4. The van der Waals surface area contributed by atoms with E-state index in [1.54, 1.807) is 12.2 Å². The van der Waals surface area contributed by atoms with Gasteiger partial charge in [-0.2, -0.15) is 0 Å². The van der Waals surface area contributed by atoms with Crippen LogP contribution in [-0.2, 0) is 4.79 Å². The van der Waals surface area contributed by atoms with Gasteiger partial charge < -0.3 is 0 Å². The Bertz CT molecular complexity index is 719. The molecule has 0 atom stereocenters. The Kier molecular flexibility index (Phi) is 3.88. The minimum atomic E-state index is 0.0379. The van der Waals surface area contributed by atoms with E-state index in [1.807, 2.05) is 12.2 Å². The highest BCUT2D eigenvalue weighted by atomic mass is 16.1. The molecule has 0 bridgehead atoms. The molecule has 0 amide bonds. The summed E-state index contributed by atoms with van der Waals surface area (Å²) in [5.41, 5.74) is 7.01. The summed E-state index contributed by atoms with van der Waals surface area (Å²) < 4.78 is 0. The molecule has 2 aromatic rings. The zero-order valence-electron chi connectivity index (χ0n) is 12.8. The fourth-order valence-corrected chi connectivity index (χ4v) is 2.56. The lowest BCUT2D eigenvalue weighted by Crippen LogP contribution is -1.97. The van der Waals surface area contributed by atoms with Gasteiger partial charge in [0.1, 0.15) is 0 Å². The summed E-state index contributed by atoms with van der Waals surface area (Å²) in [6.07, 6.45) is 7.05. The van der Waals surface area contributed by atoms with Gasteiger partial charge in [-0.25, -0.2) is 0 Å². The van der Waals surface area contributed by atoms with E-state index in [2.05, 4.69) is 62.4 Å². The summed E-state index contributed by atoms with van der Waals surface area (Å²) in [6.45, 7) is 4.17. The van der Waals surface area contributed by atoms with E-state index < -0.39 is 0 Å². The van der Waals surface area contributed by atoms with Crippen molar-refractivity contribution >= 4 is 11.4 Å². The number of carbonyl (C=O) groups excluding carboxylic acids is 1. The Labute approximate surface area is 131 Å². The molecule has 0 N–H and O–H groups in total. The Morgan fingerprint density at radius 1 is 0.636 bits per heavy atom. The van der Waals surface area contributed by atoms with Crippen molar-refractivity contribution in [3.05, 3.63) is 101 Å². The lowest BCUT2D eigenvalue weighted by Gasteiger charge is -2.14. The second-order valence-corrected chi connectivity index (χ2v) is 5.63. The molecule has 0 saturated carbocycles. The molecule has 0 aliphatic heterocycles. The quantitative estimate of drug-likeness (QED) is 0.775. The van der Waals surface area contributed by atoms with Crippen molar-refractivity contribution in [2.75, 3.05) is 0 Å². The molecule has 0 spiro atoms. The molecule has 1 aliphatic carbocycles. The normalized spacial score (nSPS) is 13.5. The lowest BCUT2D eigenvalue weighted by atomic mass is 9.90. The van der Waals surface area contributed by atoms with Gasteiger partial charge in [0.2, 0.25) is 0 Å². The summed E-state index contributed by atoms with van der Waals surface area (Å²) >= 11 is 0. The first-order valence-corrected chi connectivity index (χ1v) is 7.42. The third kappa shape index (κ3) is 2.99. The second-order valence-electron chi connectivity index (χ2n) is 5.63. The van der Waals surface area contributed by atoms with Crippen LogP contribution in [-0.4, -0.2) is 5.78 Å². The van der Waals surface area contributed by atoms with Crippen molar-refractivity contribution in [1.29, 1.82) is 0 Å². The van der Waals surface area contributed by atoms with E-state index >= 15 is 0 Å². The standard InChI is InChI=1S/C21H18O/c1-15-3-7-17(8-4-15)21(18-9-5-16(2)6-10-18)19-11-13-20(22)14-12-19/h3-14H,1-2H3. The fourth-order valence-electron chi connectivity index (χ4n) is 2.56. The molecule has 0 heterocycles. The van der Waals surface area contributed by atoms with Crippen molar-refractivity contribution in [3.63, 3.8) is 0 Å². The molecule has 108 valence electrons. The fraction of sp³-hybridized carbons (Fsp3) is 0.0952. The minimum absolute atomic E-state index is 0.0379. The molecule has 0 fully saturated rings. The highest BCUT2D eigenvalue weighted by Crippen LogP contribution is 2.29. The molecule has 3 rings (SSSR count). The second kappa shape index (κ2) is 5.98. The van der Waals surface area contributed by atoms with Crippen molar-refractivity contribution in [3.8, 4) is 0 Å². The van der Waals surface area contributed by atoms with Gasteiger partial charge >= 0.3 is 0 Å². The maximum atomic E-state index is 11.4. The molecule has 0 aromatic heterocycles. The molecule has 1 nitrogen and oxygen atoms in total. The zero-order valence-corrected chi connectivity index (χ0v) is 12.8. The first-order chi connectivity index (χ1) is 10.6. The van der Waals surface area contributed by atoms with Gasteiger partial charge in [0.05, 0.1) is 0 Å². The molecule has 22 heavy (non-hydrogen) atoms. The van der Waals surface area contributed by atoms with Crippen molar-refractivity contribution in [2.24, 2.45) is 0 Å².